The van der Waals surface area contributed by atoms with Gasteiger partial charge in [0.2, 0.25) is 0 Å². The van der Waals surface area contributed by atoms with E-state index < -0.39 is 0 Å². The van der Waals surface area contributed by atoms with E-state index in [1.54, 1.807) is 12.3 Å². The van der Waals surface area contributed by atoms with E-state index in [0.29, 0.717) is 5.69 Å². The van der Waals surface area contributed by atoms with Crippen LogP contribution in [0, 0.1) is 0 Å². The standard InChI is InChI=1S/C21H20N4O/c1-15-13-17-9-5-6-10-19(17)25(15)20(16-7-3-2-4-8-16)24-21(26)18-11-12-22-14-23-18/h2-12,14-15,20H,13H2,1H3,(H,24,26). The van der Waals surface area contributed by atoms with Gasteiger partial charge < -0.3 is 10.2 Å². The fourth-order valence-corrected chi connectivity index (χ4v) is 3.55. The molecule has 3 aromatic rings. The first-order valence-electron chi connectivity index (χ1n) is 8.72. The average molecular weight is 344 g/mol. The van der Waals surface area contributed by atoms with Gasteiger partial charge in [-0.2, -0.15) is 0 Å². The Morgan fingerprint density at radius 2 is 1.88 bits per heavy atom. The summed E-state index contributed by atoms with van der Waals surface area (Å²) < 4.78 is 0. The van der Waals surface area contributed by atoms with Crippen LogP contribution in [0.5, 0.6) is 0 Å². The fraction of sp³-hybridized carbons (Fsp3) is 0.190. The summed E-state index contributed by atoms with van der Waals surface area (Å²) in [4.78, 5) is 23.0. The zero-order valence-corrected chi connectivity index (χ0v) is 14.5. The van der Waals surface area contributed by atoms with E-state index in [9.17, 15) is 4.79 Å². The highest BCUT2D eigenvalue weighted by atomic mass is 16.2. The van der Waals surface area contributed by atoms with Crippen molar-refractivity contribution in [2.24, 2.45) is 0 Å². The first-order chi connectivity index (χ1) is 12.7. The van der Waals surface area contributed by atoms with Crippen LogP contribution in [0.1, 0.15) is 34.7 Å². The number of carbonyl (C=O) groups excluding carboxylic acids is 1. The average Bonchev–Trinajstić information content (AvgIpc) is 3.03. The largest absolute Gasteiger partial charge is 0.344 e. The summed E-state index contributed by atoms with van der Waals surface area (Å²) in [6.07, 6.45) is 3.66. The number of rotatable bonds is 4. The molecule has 5 nitrogen and oxygen atoms in total. The maximum absolute atomic E-state index is 12.8. The molecule has 26 heavy (non-hydrogen) atoms. The van der Waals surface area contributed by atoms with Gasteiger partial charge >= 0.3 is 0 Å². The molecule has 1 aliphatic heterocycles. The van der Waals surface area contributed by atoms with Crippen molar-refractivity contribution in [3.63, 3.8) is 0 Å². The van der Waals surface area contributed by atoms with Crippen molar-refractivity contribution in [3.05, 3.63) is 90.0 Å². The van der Waals surface area contributed by atoms with Gasteiger partial charge in [-0.3, -0.25) is 4.79 Å². The van der Waals surface area contributed by atoms with Gasteiger partial charge in [-0.1, -0.05) is 48.5 Å². The zero-order valence-electron chi connectivity index (χ0n) is 14.5. The number of benzene rings is 2. The molecule has 0 bridgehead atoms. The minimum Gasteiger partial charge on any atom is -0.344 e. The molecular weight excluding hydrogens is 324 g/mol. The molecule has 2 atom stereocenters. The predicted molar refractivity (Wildman–Crippen MR) is 101 cm³/mol. The van der Waals surface area contributed by atoms with Gasteiger partial charge in [0.1, 0.15) is 18.2 Å². The van der Waals surface area contributed by atoms with E-state index >= 15 is 0 Å². The molecule has 0 spiro atoms. The van der Waals surface area contributed by atoms with E-state index in [1.165, 1.54) is 11.9 Å². The highest BCUT2D eigenvalue weighted by Crippen LogP contribution is 2.37. The molecule has 0 saturated heterocycles. The van der Waals surface area contributed by atoms with E-state index in [-0.39, 0.29) is 18.1 Å². The number of hydrogen-bond acceptors (Lipinski definition) is 4. The number of hydrogen-bond donors (Lipinski definition) is 1. The Hall–Kier alpha value is -3.21. The lowest BCUT2D eigenvalue weighted by Crippen LogP contribution is -2.44. The van der Waals surface area contributed by atoms with Gasteiger partial charge in [0.05, 0.1) is 0 Å². The Balaban J connectivity index is 1.72. The molecule has 0 fully saturated rings. The zero-order chi connectivity index (χ0) is 17.9. The van der Waals surface area contributed by atoms with Crippen molar-refractivity contribution < 1.29 is 4.79 Å². The Bertz CT molecular complexity index is 898. The van der Waals surface area contributed by atoms with Crippen molar-refractivity contribution in [2.75, 3.05) is 4.90 Å². The number of nitrogens with one attached hydrogen (secondary N) is 1. The summed E-state index contributed by atoms with van der Waals surface area (Å²) in [7, 11) is 0. The normalized spacial score (nSPS) is 16.8. The highest BCUT2D eigenvalue weighted by Gasteiger charge is 2.33. The number of fused-ring (bicyclic) bond motifs is 1. The molecule has 5 heteroatoms. The quantitative estimate of drug-likeness (QED) is 0.788. The number of amides is 1. The smallest absolute Gasteiger partial charge is 0.271 e. The first-order valence-corrected chi connectivity index (χ1v) is 8.72. The Kier molecular flexibility index (Phi) is 4.35. The van der Waals surface area contributed by atoms with Crippen molar-refractivity contribution >= 4 is 11.6 Å². The van der Waals surface area contributed by atoms with Crippen molar-refractivity contribution in [3.8, 4) is 0 Å². The number of para-hydroxylation sites is 1. The molecular formula is C21H20N4O. The lowest BCUT2D eigenvalue weighted by Gasteiger charge is -2.35. The fourth-order valence-electron chi connectivity index (χ4n) is 3.55. The topological polar surface area (TPSA) is 58.1 Å². The Morgan fingerprint density at radius 1 is 1.12 bits per heavy atom. The summed E-state index contributed by atoms with van der Waals surface area (Å²) in [5.41, 5.74) is 3.87. The molecule has 2 heterocycles. The van der Waals surface area contributed by atoms with Crippen molar-refractivity contribution in [1.29, 1.82) is 0 Å². The second kappa shape index (κ2) is 6.96. The summed E-state index contributed by atoms with van der Waals surface area (Å²) >= 11 is 0. The van der Waals surface area contributed by atoms with Gasteiger partial charge in [-0.05, 0) is 36.6 Å². The minimum atomic E-state index is -0.266. The van der Waals surface area contributed by atoms with E-state index in [0.717, 1.165) is 17.7 Å². The van der Waals surface area contributed by atoms with Gasteiger partial charge in [-0.25, -0.2) is 9.97 Å². The number of carbonyl (C=O) groups is 1. The molecule has 0 saturated carbocycles. The van der Waals surface area contributed by atoms with Crippen LogP contribution in [0.4, 0.5) is 5.69 Å². The summed E-state index contributed by atoms with van der Waals surface area (Å²) in [6.45, 7) is 2.19. The summed E-state index contributed by atoms with van der Waals surface area (Å²) in [5, 5.41) is 3.16. The van der Waals surface area contributed by atoms with Gasteiger partial charge in [0, 0.05) is 17.9 Å². The van der Waals surface area contributed by atoms with Gasteiger partial charge in [-0.15, -0.1) is 0 Å². The molecule has 1 aromatic heterocycles. The number of aromatic nitrogens is 2. The van der Waals surface area contributed by atoms with Crippen LogP contribution in [0.3, 0.4) is 0 Å². The molecule has 0 radical (unpaired) electrons. The van der Waals surface area contributed by atoms with Crippen molar-refractivity contribution in [1.82, 2.24) is 15.3 Å². The second-order valence-electron chi connectivity index (χ2n) is 6.47. The van der Waals surface area contributed by atoms with Crippen LogP contribution in [0.15, 0.2) is 73.2 Å². The molecule has 1 amide bonds. The van der Waals surface area contributed by atoms with Gasteiger partial charge in [0.15, 0.2) is 0 Å². The first kappa shape index (κ1) is 16.3. The predicted octanol–water partition coefficient (Wildman–Crippen LogP) is 3.36. The second-order valence-corrected chi connectivity index (χ2v) is 6.47. The molecule has 130 valence electrons. The highest BCUT2D eigenvalue weighted by molar-refractivity contribution is 5.92. The lowest BCUT2D eigenvalue weighted by atomic mass is 10.1. The summed E-state index contributed by atoms with van der Waals surface area (Å²) in [6, 6.07) is 20.3. The summed E-state index contributed by atoms with van der Waals surface area (Å²) in [5.74, 6) is -0.210. The third kappa shape index (κ3) is 3.04. The maximum atomic E-state index is 12.8. The van der Waals surface area contributed by atoms with Crippen LogP contribution < -0.4 is 10.2 Å². The molecule has 2 unspecified atom stereocenters. The van der Waals surface area contributed by atoms with Crippen molar-refractivity contribution in [2.45, 2.75) is 25.6 Å². The van der Waals surface area contributed by atoms with E-state index in [2.05, 4.69) is 45.3 Å². The van der Waals surface area contributed by atoms with Gasteiger partial charge in [0.25, 0.3) is 5.91 Å². The Labute approximate surface area is 152 Å². The molecule has 1 aliphatic rings. The maximum Gasteiger partial charge on any atom is 0.271 e. The molecule has 0 aliphatic carbocycles. The number of anilines is 1. The molecule has 2 aromatic carbocycles. The van der Waals surface area contributed by atoms with Crippen LogP contribution in [-0.2, 0) is 6.42 Å². The van der Waals surface area contributed by atoms with Crippen LogP contribution in [-0.4, -0.2) is 21.9 Å². The van der Waals surface area contributed by atoms with E-state index in [4.69, 9.17) is 0 Å². The van der Waals surface area contributed by atoms with Crippen LogP contribution in [0.25, 0.3) is 0 Å². The minimum absolute atomic E-state index is 0.210. The molecule has 1 N–H and O–H groups in total. The lowest BCUT2D eigenvalue weighted by molar-refractivity contribution is 0.0929. The third-order valence-electron chi connectivity index (χ3n) is 4.74. The Morgan fingerprint density at radius 3 is 2.65 bits per heavy atom. The monoisotopic (exact) mass is 344 g/mol. The molecule has 4 rings (SSSR count). The van der Waals surface area contributed by atoms with Crippen LogP contribution in [0.2, 0.25) is 0 Å². The third-order valence-corrected chi connectivity index (χ3v) is 4.74. The van der Waals surface area contributed by atoms with E-state index in [1.807, 2.05) is 36.4 Å². The van der Waals surface area contributed by atoms with Crippen LogP contribution >= 0.6 is 0 Å². The SMILES string of the molecule is CC1Cc2ccccc2N1C(NC(=O)c1ccncn1)c1ccccc1. The number of nitrogens with zero attached hydrogens (tertiary/aromatic N) is 3.